The number of hydrogen-bond acceptors (Lipinski definition) is 4. The number of aromatic hydroxyl groups is 1. The first-order valence-electron chi connectivity index (χ1n) is 8.84. The maximum absolute atomic E-state index is 11.0. The zero-order valence-corrected chi connectivity index (χ0v) is 17.6. The predicted molar refractivity (Wildman–Crippen MR) is 119 cm³/mol. The van der Waals surface area contributed by atoms with Gasteiger partial charge in [0.15, 0.2) is 0 Å². The number of nitrogens with one attached hydrogen (secondary N) is 1. The second-order valence-electron chi connectivity index (χ2n) is 6.64. The van der Waals surface area contributed by atoms with Gasteiger partial charge in [-0.2, -0.15) is 0 Å². The fourth-order valence-corrected chi connectivity index (χ4v) is 3.82. The zero-order valence-electron chi connectivity index (χ0n) is 15.3. The van der Waals surface area contributed by atoms with Gasteiger partial charge in [-0.3, -0.25) is 4.98 Å². The van der Waals surface area contributed by atoms with Crippen molar-refractivity contribution in [3.8, 4) is 5.75 Å². The Balaban J connectivity index is 1.88. The van der Waals surface area contributed by atoms with Crippen LogP contribution >= 0.6 is 34.8 Å². The van der Waals surface area contributed by atoms with Crippen LogP contribution in [-0.4, -0.2) is 15.1 Å². The minimum Gasteiger partial charge on any atom is -0.505 e. The molecule has 2 heterocycles. The minimum atomic E-state index is -0.487. The van der Waals surface area contributed by atoms with Gasteiger partial charge in [0.1, 0.15) is 17.1 Å². The SMILES string of the molecule is Cc1cc(NC(c2ccc(Cl)cc2Cl)c2ccc3cccnc3c2O)ncc1Cl. The molecular formula is C22H16Cl3N3O. The van der Waals surface area contributed by atoms with Crippen LogP contribution in [-0.2, 0) is 0 Å². The largest absolute Gasteiger partial charge is 0.505 e. The van der Waals surface area contributed by atoms with Crippen molar-refractivity contribution in [2.75, 3.05) is 5.32 Å². The fraction of sp³-hybridized carbons (Fsp3) is 0.0909. The first kappa shape index (κ1) is 19.8. The number of pyridine rings is 2. The number of nitrogens with zero attached hydrogens (tertiary/aromatic N) is 2. The molecule has 0 aliphatic heterocycles. The molecule has 0 saturated carbocycles. The van der Waals surface area contributed by atoms with Gasteiger partial charge in [0.2, 0.25) is 0 Å². The van der Waals surface area contributed by atoms with Gasteiger partial charge < -0.3 is 10.4 Å². The lowest BCUT2D eigenvalue weighted by atomic mass is 9.96. The number of aromatic nitrogens is 2. The lowest BCUT2D eigenvalue weighted by Gasteiger charge is -2.23. The third-order valence-corrected chi connectivity index (χ3v) is 5.66. The summed E-state index contributed by atoms with van der Waals surface area (Å²) in [5.74, 6) is 0.681. The van der Waals surface area contributed by atoms with E-state index in [2.05, 4.69) is 15.3 Å². The molecule has 2 N–H and O–H groups in total. The molecular weight excluding hydrogens is 429 g/mol. The second-order valence-corrected chi connectivity index (χ2v) is 7.89. The van der Waals surface area contributed by atoms with Crippen molar-refractivity contribution in [1.82, 2.24) is 9.97 Å². The number of hydrogen-bond donors (Lipinski definition) is 2. The van der Waals surface area contributed by atoms with E-state index >= 15 is 0 Å². The van der Waals surface area contributed by atoms with Crippen LogP contribution in [0.25, 0.3) is 10.9 Å². The topological polar surface area (TPSA) is 58.0 Å². The molecule has 146 valence electrons. The summed E-state index contributed by atoms with van der Waals surface area (Å²) in [6.07, 6.45) is 3.23. The molecule has 4 aromatic rings. The third kappa shape index (κ3) is 3.97. The number of phenolic OH excluding ortho intramolecular Hbond substituents is 1. The first-order chi connectivity index (χ1) is 13.9. The molecule has 0 radical (unpaired) electrons. The molecule has 2 aromatic heterocycles. The Morgan fingerprint density at radius 3 is 2.48 bits per heavy atom. The smallest absolute Gasteiger partial charge is 0.147 e. The van der Waals surface area contributed by atoms with Crippen molar-refractivity contribution in [3.05, 3.63) is 92.7 Å². The maximum atomic E-state index is 11.0. The number of anilines is 1. The van der Waals surface area contributed by atoms with E-state index in [1.807, 2.05) is 43.3 Å². The summed E-state index contributed by atoms with van der Waals surface area (Å²) in [6, 6.07) is 14.1. The Morgan fingerprint density at radius 2 is 1.72 bits per heavy atom. The fourth-order valence-electron chi connectivity index (χ4n) is 3.20. The van der Waals surface area contributed by atoms with E-state index in [9.17, 15) is 5.11 Å². The van der Waals surface area contributed by atoms with E-state index in [4.69, 9.17) is 34.8 Å². The molecule has 1 unspecified atom stereocenters. The Kier molecular flexibility index (Phi) is 5.50. The van der Waals surface area contributed by atoms with Gasteiger partial charge in [-0.05, 0) is 42.3 Å². The quantitative estimate of drug-likeness (QED) is 0.363. The highest BCUT2D eigenvalue weighted by molar-refractivity contribution is 6.35. The van der Waals surface area contributed by atoms with Crippen LogP contribution in [0.3, 0.4) is 0 Å². The molecule has 7 heteroatoms. The van der Waals surface area contributed by atoms with Crippen LogP contribution < -0.4 is 5.32 Å². The standard InChI is InChI=1S/C22H16Cl3N3O/c1-12-9-19(27-11-18(12)25)28-21(15-7-5-14(23)10-17(15)24)16-6-4-13-3-2-8-26-20(13)22(16)29/h2-11,21,29H,1H3,(H,27,28). The summed E-state index contributed by atoms with van der Waals surface area (Å²) in [7, 11) is 0. The number of aryl methyl sites for hydroxylation is 1. The number of phenols is 1. The maximum Gasteiger partial charge on any atom is 0.147 e. The van der Waals surface area contributed by atoms with Crippen molar-refractivity contribution in [2.45, 2.75) is 13.0 Å². The van der Waals surface area contributed by atoms with E-state index in [0.29, 0.717) is 32.0 Å². The molecule has 0 amide bonds. The van der Waals surface area contributed by atoms with E-state index < -0.39 is 6.04 Å². The molecule has 0 aliphatic carbocycles. The van der Waals surface area contributed by atoms with Crippen LogP contribution in [0.4, 0.5) is 5.82 Å². The normalized spacial score (nSPS) is 12.1. The van der Waals surface area contributed by atoms with Gasteiger partial charge in [0, 0.05) is 33.4 Å². The summed E-state index contributed by atoms with van der Waals surface area (Å²) in [4.78, 5) is 8.68. The van der Waals surface area contributed by atoms with Gasteiger partial charge in [-0.15, -0.1) is 0 Å². The lowest BCUT2D eigenvalue weighted by molar-refractivity contribution is 0.471. The number of halogens is 3. The van der Waals surface area contributed by atoms with Crippen LogP contribution in [0.2, 0.25) is 15.1 Å². The molecule has 4 nitrogen and oxygen atoms in total. The average molecular weight is 445 g/mol. The van der Waals surface area contributed by atoms with Crippen LogP contribution in [0, 0.1) is 6.92 Å². The summed E-state index contributed by atoms with van der Waals surface area (Å²) in [6.45, 7) is 1.90. The molecule has 1 atom stereocenters. The number of benzene rings is 2. The van der Waals surface area contributed by atoms with E-state index in [0.717, 1.165) is 16.5 Å². The predicted octanol–water partition coefficient (Wildman–Crippen LogP) is 6.81. The average Bonchev–Trinajstić information content (AvgIpc) is 2.70. The lowest BCUT2D eigenvalue weighted by Crippen LogP contribution is -2.14. The van der Waals surface area contributed by atoms with Crippen LogP contribution in [0.1, 0.15) is 22.7 Å². The van der Waals surface area contributed by atoms with E-state index in [-0.39, 0.29) is 5.75 Å². The third-order valence-electron chi connectivity index (χ3n) is 4.70. The number of rotatable bonds is 4. The van der Waals surface area contributed by atoms with Gasteiger partial charge in [-0.1, -0.05) is 59.1 Å². The summed E-state index contributed by atoms with van der Waals surface area (Å²) in [5, 5.41) is 16.8. The summed E-state index contributed by atoms with van der Waals surface area (Å²) < 4.78 is 0. The van der Waals surface area contributed by atoms with E-state index in [1.165, 1.54) is 0 Å². The minimum absolute atomic E-state index is 0.0808. The highest BCUT2D eigenvalue weighted by atomic mass is 35.5. The van der Waals surface area contributed by atoms with Crippen molar-refractivity contribution < 1.29 is 5.11 Å². The monoisotopic (exact) mass is 443 g/mol. The Hall–Kier alpha value is -2.53. The van der Waals surface area contributed by atoms with Crippen molar-refractivity contribution >= 4 is 51.5 Å². The highest BCUT2D eigenvalue weighted by Gasteiger charge is 2.23. The molecule has 4 rings (SSSR count). The molecule has 0 fully saturated rings. The molecule has 0 aliphatic rings. The number of fused-ring (bicyclic) bond motifs is 1. The van der Waals surface area contributed by atoms with Crippen molar-refractivity contribution in [2.24, 2.45) is 0 Å². The van der Waals surface area contributed by atoms with Gasteiger partial charge >= 0.3 is 0 Å². The molecule has 29 heavy (non-hydrogen) atoms. The first-order valence-corrected chi connectivity index (χ1v) is 9.97. The van der Waals surface area contributed by atoms with Gasteiger partial charge in [0.25, 0.3) is 0 Å². The summed E-state index contributed by atoms with van der Waals surface area (Å²) >= 11 is 18.7. The molecule has 0 bridgehead atoms. The Bertz CT molecular complexity index is 1210. The summed E-state index contributed by atoms with van der Waals surface area (Å²) in [5.41, 5.74) is 2.77. The highest BCUT2D eigenvalue weighted by Crippen LogP contribution is 2.39. The zero-order chi connectivity index (χ0) is 20.5. The van der Waals surface area contributed by atoms with E-state index in [1.54, 1.807) is 24.5 Å². The van der Waals surface area contributed by atoms with Crippen LogP contribution in [0.5, 0.6) is 5.75 Å². The van der Waals surface area contributed by atoms with Crippen molar-refractivity contribution in [1.29, 1.82) is 0 Å². The van der Waals surface area contributed by atoms with Crippen LogP contribution in [0.15, 0.2) is 60.9 Å². The van der Waals surface area contributed by atoms with Gasteiger partial charge in [-0.25, -0.2) is 4.98 Å². The molecule has 0 saturated heterocycles. The second kappa shape index (κ2) is 8.07. The molecule has 0 spiro atoms. The Morgan fingerprint density at radius 1 is 0.931 bits per heavy atom. The Labute approximate surface area is 183 Å². The van der Waals surface area contributed by atoms with Crippen molar-refractivity contribution in [3.63, 3.8) is 0 Å². The van der Waals surface area contributed by atoms with Gasteiger partial charge in [0.05, 0.1) is 11.1 Å². The molecule has 2 aromatic carbocycles.